The van der Waals surface area contributed by atoms with Crippen molar-refractivity contribution in [2.24, 2.45) is 5.92 Å². The number of aromatic nitrogens is 1. The molecule has 0 N–H and O–H groups in total. The number of hydrogen-bond donors (Lipinski definition) is 0. The zero-order chi connectivity index (χ0) is 17.2. The third kappa shape index (κ3) is 4.43. The van der Waals surface area contributed by atoms with Gasteiger partial charge in [0.2, 0.25) is 5.91 Å². The number of amides is 2. The molecule has 0 radical (unpaired) electrons. The molecule has 1 aliphatic rings. The molecule has 1 fully saturated rings. The van der Waals surface area contributed by atoms with E-state index in [1.165, 1.54) is 4.90 Å². The SMILES string of the molecule is CN(C(=O)OC(C)(C)C)c1ccc(N2CC(CBr)CC2=O)cn1. The van der Waals surface area contributed by atoms with Gasteiger partial charge in [-0.1, -0.05) is 15.9 Å². The molecule has 0 spiro atoms. The van der Waals surface area contributed by atoms with Crippen molar-refractivity contribution in [3.8, 4) is 0 Å². The summed E-state index contributed by atoms with van der Waals surface area (Å²) < 4.78 is 5.31. The van der Waals surface area contributed by atoms with E-state index in [4.69, 9.17) is 4.74 Å². The summed E-state index contributed by atoms with van der Waals surface area (Å²) in [7, 11) is 1.61. The number of ether oxygens (including phenoxy) is 1. The minimum atomic E-state index is -0.558. The van der Waals surface area contributed by atoms with Crippen molar-refractivity contribution in [3.63, 3.8) is 0 Å². The van der Waals surface area contributed by atoms with E-state index in [2.05, 4.69) is 20.9 Å². The van der Waals surface area contributed by atoms with Gasteiger partial charge in [-0.2, -0.15) is 0 Å². The zero-order valence-corrected chi connectivity index (χ0v) is 15.5. The average molecular weight is 384 g/mol. The maximum absolute atomic E-state index is 12.0. The van der Waals surface area contributed by atoms with Crippen molar-refractivity contribution in [1.82, 2.24) is 4.98 Å². The normalized spacial score (nSPS) is 18.2. The summed E-state index contributed by atoms with van der Waals surface area (Å²) in [6.07, 6.45) is 1.70. The Kier molecular flexibility index (Phi) is 5.29. The smallest absolute Gasteiger partial charge is 0.415 e. The Hall–Kier alpha value is -1.63. The molecule has 0 aromatic carbocycles. The van der Waals surface area contributed by atoms with E-state index in [9.17, 15) is 9.59 Å². The summed E-state index contributed by atoms with van der Waals surface area (Å²) in [6, 6.07) is 3.52. The van der Waals surface area contributed by atoms with Crippen molar-refractivity contribution < 1.29 is 14.3 Å². The van der Waals surface area contributed by atoms with Crippen molar-refractivity contribution in [1.29, 1.82) is 0 Å². The van der Waals surface area contributed by atoms with Gasteiger partial charge in [0.05, 0.1) is 11.9 Å². The van der Waals surface area contributed by atoms with E-state index in [0.717, 1.165) is 11.0 Å². The molecular formula is C16H22BrN3O3. The van der Waals surface area contributed by atoms with Crippen molar-refractivity contribution in [3.05, 3.63) is 18.3 Å². The second-order valence-electron chi connectivity index (χ2n) is 6.64. The number of rotatable bonds is 3. The third-order valence-electron chi connectivity index (χ3n) is 3.48. The fraction of sp³-hybridized carbons (Fsp3) is 0.562. The Morgan fingerprint density at radius 1 is 1.48 bits per heavy atom. The van der Waals surface area contributed by atoms with Gasteiger partial charge in [0.15, 0.2) is 0 Å². The van der Waals surface area contributed by atoms with E-state index in [1.807, 2.05) is 20.8 Å². The summed E-state index contributed by atoms with van der Waals surface area (Å²) in [4.78, 5) is 31.4. The number of carbonyl (C=O) groups is 2. The summed E-state index contributed by atoms with van der Waals surface area (Å²) in [5, 5.41) is 0.808. The summed E-state index contributed by atoms with van der Waals surface area (Å²) >= 11 is 3.42. The van der Waals surface area contributed by atoms with E-state index in [-0.39, 0.29) is 5.91 Å². The molecule has 2 amide bonds. The summed E-state index contributed by atoms with van der Waals surface area (Å²) in [6.45, 7) is 6.13. The Balaban J connectivity index is 2.07. The van der Waals surface area contributed by atoms with Gasteiger partial charge in [0.25, 0.3) is 0 Å². The third-order valence-corrected chi connectivity index (χ3v) is 4.39. The lowest BCUT2D eigenvalue weighted by Crippen LogP contribution is -2.34. The number of carbonyl (C=O) groups excluding carboxylic acids is 2. The van der Waals surface area contributed by atoms with Gasteiger partial charge in [0, 0.05) is 25.3 Å². The Morgan fingerprint density at radius 2 is 2.17 bits per heavy atom. The summed E-state index contributed by atoms with van der Waals surface area (Å²) in [5.41, 5.74) is 0.192. The molecule has 0 saturated carbocycles. The van der Waals surface area contributed by atoms with Crippen LogP contribution in [-0.2, 0) is 9.53 Å². The van der Waals surface area contributed by atoms with E-state index in [0.29, 0.717) is 24.7 Å². The minimum Gasteiger partial charge on any atom is -0.443 e. The molecule has 1 aliphatic heterocycles. The topological polar surface area (TPSA) is 62.7 Å². The lowest BCUT2D eigenvalue weighted by Gasteiger charge is -2.24. The lowest BCUT2D eigenvalue weighted by molar-refractivity contribution is -0.117. The van der Waals surface area contributed by atoms with Crippen LogP contribution in [0.3, 0.4) is 0 Å². The first kappa shape index (κ1) is 17.7. The van der Waals surface area contributed by atoms with Crippen LogP contribution >= 0.6 is 15.9 Å². The summed E-state index contributed by atoms with van der Waals surface area (Å²) in [5.74, 6) is 0.905. The van der Waals surface area contributed by atoms with Gasteiger partial charge in [-0.25, -0.2) is 9.78 Å². The molecule has 1 saturated heterocycles. The monoisotopic (exact) mass is 383 g/mol. The van der Waals surface area contributed by atoms with Crippen LogP contribution in [-0.4, -0.2) is 41.5 Å². The molecule has 1 aromatic rings. The fourth-order valence-corrected chi connectivity index (χ4v) is 2.73. The van der Waals surface area contributed by atoms with Gasteiger partial charge in [-0.05, 0) is 38.8 Å². The fourth-order valence-electron chi connectivity index (χ4n) is 2.29. The highest BCUT2D eigenvalue weighted by atomic mass is 79.9. The number of nitrogens with zero attached hydrogens (tertiary/aromatic N) is 3. The first-order valence-corrected chi connectivity index (χ1v) is 8.62. The van der Waals surface area contributed by atoms with Crippen LogP contribution in [0.4, 0.5) is 16.3 Å². The molecule has 126 valence electrons. The maximum Gasteiger partial charge on any atom is 0.415 e. The molecule has 0 bridgehead atoms. The standard InChI is InChI=1S/C16H22BrN3O3/c1-16(2,3)23-15(22)19(4)13-6-5-12(9-18-13)20-10-11(8-17)7-14(20)21/h5-6,9,11H,7-8,10H2,1-4H3. The molecule has 2 rings (SSSR count). The van der Waals surface area contributed by atoms with E-state index in [1.54, 1.807) is 30.3 Å². The molecule has 23 heavy (non-hydrogen) atoms. The number of pyridine rings is 1. The average Bonchev–Trinajstić information content (AvgIpc) is 2.86. The quantitative estimate of drug-likeness (QED) is 0.751. The molecule has 0 aliphatic carbocycles. The van der Waals surface area contributed by atoms with Crippen LogP contribution in [0.1, 0.15) is 27.2 Å². The number of halogens is 1. The molecule has 7 heteroatoms. The van der Waals surface area contributed by atoms with Gasteiger partial charge in [-0.3, -0.25) is 9.69 Å². The van der Waals surface area contributed by atoms with E-state index < -0.39 is 11.7 Å². The Bertz CT molecular complexity index is 583. The van der Waals surface area contributed by atoms with Crippen LogP contribution < -0.4 is 9.80 Å². The molecular weight excluding hydrogens is 362 g/mol. The van der Waals surface area contributed by atoms with Gasteiger partial charge in [0.1, 0.15) is 11.4 Å². The van der Waals surface area contributed by atoms with Crippen LogP contribution in [0.25, 0.3) is 0 Å². The number of alkyl halides is 1. The van der Waals surface area contributed by atoms with Gasteiger partial charge < -0.3 is 9.64 Å². The number of hydrogen-bond acceptors (Lipinski definition) is 4. The first-order chi connectivity index (χ1) is 10.7. The Labute approximate surface area is 144 Å². The van der Waals surface area contributed by atoms with Gasteiger partial charge >= 0.3 is 6.09 Å². The van der Waals surface area contributed by atoms with Crippen molar-refractivity contribution in [2.45, 2.75) is 32.8 Å². The first-order valence-electron chi connectivity index (χ1n) is 7.50. The highest BCUT2D eigenvalue weighted by Gasteiger charge is 2.30. The predicted octanol–water partition coefficient (Wildman–Crippen LogP) is 3.20. The van der Waals surface area contributed by atoms with Crippen LogP contribution in [0.5, 0.6) is 0 Å². The maximum atomic E-state index is 12.0. The molecule has 1 unspecified atom stereocenters. The van der Waals surface area contributed by atoms with Crippen LogP contribution in [0.15, 0.2) is 18.3 Å². The second kappa shape index (κ2) is 6.86. The molecule has 2 heterocycles. The second-order valence-corrected chi connectivity index (χ2v) is 7.29. The van der Waals surface area contributed by atoms with Crippen molar-refractivity contribution >= 4 is 39.4 Å². The predicted molar refractivity (Wildman–Crippen MR) is 93.1 cm³/mol. The highest BCUT2D eigenvalue weighted by molar-refractivity contribution is 9.09. The van der Waals surface area contributed by atoms with Crippen LogP contribution in [0, 0.1) is 5.92 Å². The molecule has 1 aromatic heterocycles. The zero-order valence-electron chi connectivity index (χ0n) is 13.9. The molecule has 1 atom stereocenters. The van der Waals surface area contributed by atoms with Gasteiger partial charge in [-0.15, -0.1) is 0 Å². The largest absolute Gasteiger partial charge is 0.443 e. The number of anilines is 2. The van der Waals surface area contributed by atoms with Crippen molar-refractivity contribution in [2.75, 3.05) is 28.7 Å². The lowest BCUT2D eigenvalue weighted by atomic mass is 10.2. The highest BCUT2D eigenvalue weighted by Crippen LogP contribution is 2.26. The van der Waals surface area contributed by atoms with E-state index >= 15 is 0 Å². The van der Waals surface area contributed by atoms with Crippen LogP contribution in [0.2, 0.25) is 0 Å². The minimum absolute atomic E-state index is 0.101. The Morgan fingerprint density at radius 3 is 2.65 bits per heavy atom. The molecule has 6 nitrogen and oxygen atoms in total.